The first-order valence-electron chi connectivity index (χ1n) is 8.40. The fourth-order valence-corrected chi connectivity index (χ4v) is 4.41. The van der Waals surface area contributed by atoms with Gasteiger partial charge in [0.25, 0.3) is 0 Å². The van der Waals surface area contributed by atoms with Gasteiger partial charge < -0.3 is 0 Å². The standard InChI is InChI=1S/C18H21N3O3S2/c1-12(2)21-26(23,24)15-8-3-13(4-9-15)5-10-17(22)20-18-19-16(11-25-18)14-6-7-14/h3-5,8-12,14,21H,6-7H2,1-2H3,(H,19,20,22). The molecule has 2 aromatic rings. The largest absolute Gasteiger partial charge is 0.298 e. The van der Waals surface area contributed by atoms with Gasteiger partial charge in [0.1, 0.15) is 0 Å². The molecule has 0 saturated heterocycles. The Morgan fingerprint density at radius 2 is 1.96 bits per heavy atom. The van der Waals surface area contributed by atoms with Crippen molar-refractivity contribution in [1.29, 1.82) is 0 Å². The molecule has 0 bridgehead atoms. The van der Waals surface area contributed by atoms with Crippen LogP contribution in [0, 0.1) is 0 Å². The molecule has 0 atom stereocenters. The van der Waals surface area contributed by atoms with E-state index in [1.54, 1.807) is 32.1 Å². The number of sulfonamides is 1. The summed E-state index contributed by atoms with van der Waals surface area (Å²) in [5, 5.41) is 5.34. The van der Waals surface area contributed by atoms with Gasteiger partial charge in [-0.05, 0) is 50.5 Å². The first-order valence-corrected chi connectivity index (χ1v) is 10.8. The monoisotopic (exact) mass is 391 g/mol. The van der Waals surface area contributed by atoms with Crippen LogP contribution in [0.25, 0.3) is 6.08 Å². The molecule has 8 heteroatoms. The van der Waals surface area contributed by atoms with Crippen LogP contribution in [0.4, 0.5) is 5.13 Å². The predicted octanol–water partition coefficient (Wildman–Crippen LogP) is 3.36. The summed E-state index contributed by atoms with van der Waals surface area (Å²) in [4.78, 5) is 16.6. The van der Waals surface area contributed by atoms with E-state index in [-0.39, 0.29) is 16.8 Å². The minimum atomic E-state index is -3.51. The molecule has 1 heterocycles. The summed E-state index contributed by atoms with van der Waals surface area (Å²) in [6.45, 7) is 3.53. The molecule has 1 aliphatic rings. The molecule has 138 valence electrons. The molecule has 1 amide bonds. The first-order chi connectivity index (χ1) is 12.3. The Kier molecular flexibility index (Phi) is 5.55. The van der Waals surface area contributed by atoms with Crippen LogP contribution in [0.15, 0.2) is 40.6 Å². The van der Waals surface area contributed by atoms with Crippen molar-refractivity contribution in [1.82, 2.24) is 9.71 Å². The summed E-state index contributed by atoms with van der Waals surface area (Å²) in [7, 11) is -3.51. The van der Waals surface area contributed by atoms with E-state index in [0.717, 1.165) is 11.3 Å². The van der Waals surface area contributed by atoms with Crippen molar-refractivity contribution in [3.05, 3.63) is 47.0 Å². The maximum atomic E-state index is 12.1. The fraction of sp³-hybridized carbons (Fsp3) is 0.333. The average molecular weight is 392 g/mol. The average Bonchev–Trinajstić information content (AvgIpc) is 3.32. The summed E-state index contributed by atoms with van der Waals surface area (Å²) in [5.74, 6) is 0.298. The number of nitrogens with zero attached hydrogens (tertiary/aromatic N) is 1. The zero-order valence-corrected chi connectivity index (χ0v) is 16.2. The number of rotatable bonds is 7. The van der Waals surface area contributed by atoms with Crippen molar-refractivity contribution >= 4 is 38.5 Å². The lowest BCUT2D eigenvalue weighted by atomic mass is 10.2. The smallest absolute Gasteiger partial charge is 0.250 e. The molecule has 1 fully saturated rings. The van der Waals surface area contributed by atoms with Crippen LogP contribution < -0.4 is 10.0 Å². The summed E-state index contributed by atoms with van der Waals surface area (Å²) < 4.78 is 26.7. The highest BCUT2D eigenvalue weighted by Gasteiger charge is 2.26. The van der Waals surface area contributed by atoms with E-state index in [1.165, 1.54) is 42.4 Å². The van der Waals surface area contributed by atoms with Gasteiger partial charge in [0.15, 0.2) is 5.13 Å². The number of nitrogens with one attached hydrogen (secondary N) is 2. The summed E-state index contributed by atoms with van der Waals surface area (Å²) in [5.41, 5.74) is 1.79. The maximum absolute atomic E-state index is 12.1. The Bertz CT molecular complexity index is 911. The van der Waals surface area contributed by atoms with Gasteiger partial charge in [-0.3, -0.25) is 10.1 Å². The van der Waals surface area contributed by atoms with E-state index in [0.29, 0.717) is 11.0 Å². The molecule has 0 spiro atoms. The van der Waals surface area contributed by atoms with Crippen molar-refractivity contribution in [3.63, 3.8) is 0 Å². The molecule has 1 aromatic carbocycles. The van der Waals surface area contributed by atoms with Crippen molar-refractivity contribution < 1.29 is 13.2 Å². The van der Waals surface area contributed by atoms with Crippen molar-refractivity contribution in [2.45, 2.75) is 43.5 Å². The fourth-order valence-electron chi connectivity index (χ4n) is 2.37. The Morgan fingerprint density at radius 1 is 1.27 bits per heavy atom. The third kappa shape index (κ3) is 5.00. The lowest BCUT2D eigenvalue weighted by molar-refractivity contribution is -0.111. The van der Waals surface area contributed by atoms with E-state index in [1.807, 2.05) is 5.38 Å². The number of anilines is 1. The lowest BCUT2D eigenvalue weighted by Gasteiger charge is -2.09. The number of aromatic nitrogens is 1. The first kappa shape index (κ1) is 18.8. The maximum Gasteiger partial charge on any atom is 0.250 e. The van der Waals surface area contributed by atoms with E-state index in [9.17, 15) is 13.2 Å². The Morgan fingerprint density at radius 3 is 2.58 bits per heavy atom. The predicted molar refractivity (Wildman–Crippen MR) is 104 cm³/mol. The normalized spacial score (nSPS) is 14.9. The number of hydrogen-bond acceptors (Lipinski definition) is 5. The molecule has 3 rings (SSSR count). The van der Waals surface area contributed by atoms with Crippen LogP contribution in [-0.4, -0.2) is 25.4 Å². The molecule has 1 aliphatic carbocycles. The van der Waals surface area contributed by atoms with Crippen molar-refractivity contribution in [2.75, 3.05) is 5.32 Å². The minimum absolute atomic E-state index is 0.172. The Balaban J connectivity index is 1.59. The lowest BCUT2D eigenvalue weighted by Crippen LogP contribution is -2.30. The van der Waals surface area contributed by atoms with Crippen LogP contribution in [0.1, 0.15) is 43.9 Å². The zero-order valence-electron chi connectivity index (χ0n) is 14.6. The third-order valence-corrected chi connectivity index (χ3v) is 6.21. The van der Waals surface area contributed by atoms with Gasteiger partial charge in [-0.2, -0.15) is 0 Å². The molecular formula is C18H21N3O3S2. The van der Waals surface area contributed by atoms with Gasteiger partial charge in [0.05, 0.1) is 10.6 Å². The highest BCUT2D eigenvalue weighted by molar-refractivity contribution is 7.89. The second-order valence-corrected chi connectivity index (χ2v) is 9.09. The number of benzene rings is 1. The van der Waals surface area contributed by atoms with Gasteiger partial charge in [0.2, 0.25) is 15.9 Å². The Labute approximate surface area is 157 Å². The Hall–Kier alpha value is -2.03. The van der Waals surface area contributed by atoms with Crippen LogP contribution in [0.3, 0.4) is 0 Å². The molecule has 26 heavy (non-hydrogen) atoms. The summed E-state index contributed by atoms with van der Waals surface area (Å²) in [6, 6.07) is 6.19. The van der Waals surface area contributed by atoms with E-state index in [4.69, 9.17) is 0 Å². The second kappa shape index (κ2) is 7.69. The van der Waals surface area contributed by atoms with Gasteiger partial charge >= 0.3 is 0 Å². The van der Waals surface area contributed by atoms with E-state index >= 15 is 0 Å². The van der Waals surface area contributed by atoms with E-state index in [2.05, 4.69) is 15.0 Å². The van der Waals surface area contributed by atoms with Crippen LogP contribution in [0.5, 0.6) is 0 Å². The molecule has 1 saturated carbocycles. The summed E-state index contributed by atoms with van der Waals surface area (Å²) >= 11 is 1.43. The third-order valence-electron chi connectivity index (χ3n) is 3.76. The SMILES string of the molecule is CC(C)NS(=O)(=O)c1ccc(C=CC(=O)Nc2nc(C3CC3)cs2)cc1. The molecule has 6 nitrogen and oxygen atoms in total. The quantitative estimate of drug-likeness (QED) is 0.709. The molecule has 1 aromatic heterocycles. The number of hydrogen-bond donors (Lipinski definition) is 2. The van der Waals surface area contributed by atoms with Crippen LogP contribution in [-0.2, 0) is 14.8 Å². The molecule has 0 unspecified atom stereocenters. The van der Waals surface area contributed by atoms with Crippen LogP contribution in [0.2, 0.25) is 0 Å². The number of thiazole rings is 1. The topological polar surface area (TPSA) is 88.2 Å². The minimum Gasteiger partial charge on any atom is -0.298 e. The van der Waals surface area contributed by atoms with Gasteiger partial charge in [-0.1, -0.05) is 12.1 Å². The number of amides is 1. The van der Waals surface area contributed by atoms with Crippen molar-refractivity contribution in [3.8, 4) is 0 Å². The number of carbonyl (C=O) groups excluding carboxylic acids is 1. The summed E-state index contributed by atoms with van der Waals surface area (Å²) in [6.07, 6.45) is 5.40. The highest BCUT2D eigenvalue weighted by atomic mass is 32.2. The van der Waals surface area contributed by atoms with Crippen molar-refractivity contribution in [2.24, 2.45) is 0 Å². The molecule has 0 aliphatic heterocycles. The van der Waals surface area contributed by atoms with Gasteiger partial charge in [0, 0.05) is 23.4 Å². The van der Waals surface area contributed by atoms with Gasteiger partial charge in [-0.25, -0.2) is 18.1 Å². The zero-order chi connectivity index (χ0) is 18.7. The molecule has 0 radical (unpaired) electrons. The second-order valence-electron chi connectivity index (χ2n) is 6.52. The molecular weight excluding hydrogens is 370 g/mol. The van der Waals surface area contributed by atoms with Crippen LogP contribution >= 0.6 is 11.3 Å². The van der Waals surface area contributed by atoms with E-state index < -0.39 is 10.0 Å². The number of carbonyl (C=O) groups is 1. The molecule has 2 N–H and O–H groups in total. The highest BCUT2D eigenvalue weighted by Crippen LogP contribution is 2.40. The van der Waals surface area contributed by atoms with Gasteiger partial charge in [-0.15, -0.1) is 11.3 Å².